The van der Waals surface area contributed by atoms with Crippen molar-refractivity contribution in [2.45, 2.75) is 57.9 Å². The van der Waals surface area contributed by atoms with Crippen molar-refractivity contribution in [1.82, 2.24) is 0 Å². The van der Waals surface area contributed by atoms with Crippen molar-refractivity contribution in [3.05, 3.63) is 54.1 Å². The molecule has 1 fully saturated rings. The van der Waals surface area contributed by atoms with Crippen molar-refractivity contribution in [2.24, 2.45) is 0 Å². The van der Waals surface area contributed by atoms with E-state index in [0.717, 1.165) is 0 Å². The molecule has 0 atom stereocenters. The minimum Gasteiger partial charge on any atom is -0.508 e. The predicted molar refractivity (Wildman–Crippen MR) is 97.6 cm³/mol. The highest BCUT2D eigenvalue weighted by molar-refractivity contribution is 5.65. The average molecular weight is 309 g/mol. The van der Waals surface area contributed by atoms with Crippen LogP contribution in [0.1, 0.15) is 57.4 Å². The normalized spacial score (nSPS) is 15.8. The summed E-state index contributed by atoms with van der Waals surface area (Å²) in [4.78, 5) is 2.46. The molecule has 2 heteroatoms. The Hall–Kier alpha value is -1.96. The first-order valence-corrected chi connectivity index (χ1v) is 8.83. The summed E-state index contributed by atoms with van der Waals surface area (Å²) in [5.74, 6) is 0.883. The van der Waals surface area contributed by atoms with Crippen molar-refractivity contribution < 1.29 is 5.11 Å². The summed E-state index contributed by atoms with van der Waals surface area (Å²) in [6.45, 7) is 4.46. The largest absolute Gasteiger partial charge is 0.508 e. The van der Waals surface area contributed by atoms with Crippen LogP contribution < -0.4 is 4.90 Å². The van der Waals surface area contributed by atoms with Crippen LogP contribution in [0.15, 0.2) is 48.5 Å². The molecule has 0 radical (unpaired) electrons. The molecule has 2 aromatic rings. The molecule has 1 N–H and O–H groups in total. The van der Waals surface area contributed by atoms with Gasteiger partial charge in [0.2, 0.25) is 0 Å². The third-order valence-corrected chi connectivity index (χ3v) is 4.91. The summed E-state index contributed by atoms with van der Waals surface area (Å²) in [6, 6.07) is 17.2. The maximum absolute atomic E-state index is 9.60. The lowest BCUT2D eigenvalue weighted by Gasteiger charge is -2.36. The molecule has 23 heavy (non-hydrogen) atoms. The van der Waals surface area contributed by atoms with Crippen molar-refractivity contribution in [1.29, 1.82) is 0 Å². The van der Waals surface area contributed by atoms with E-state index in [0.29, 0.717) is 17.7 Å². The van der Waals surface area contributed by atoms with Crippen LogP contribution >= 0.6 is 0 Å². The first kappa shape index (κ1) is 15.9. The number of hydrogen-bond donors (Lipinski definition) is 1. The van der Waals surface area contributed by atoms with E-state index in [4.69, 9.17) is 0 Å². The molecule has 3 rings (SSSR count). The van der Waals surface area contributed by atoms with E-state index in [1.165, 1.54) is 49.0 Å². The molecule has 0 amide bonds. The summed E-state index contributed by atoms with van der Waals surface area (Å²) in [7, 11) is 0. The van der Waals surface area contributed by atoms with Gasteiger partial charge in [-0.2, -0.15) is 0 Å². The number of aromatic hydroxyl groups is 1. The summed E-state index contributed by atoms with van der Waals surface area (Å²) in [5.41, 5.74) is 3.81. The summed E-state index contributed by atoms with van der Waals surface area (Å²) in [6.07, 6.45) is 6.46. The molecule has 0 aliphatic heterocycles. The number of rotatable bonds is 4. The van der Waals surface area contributed by atoms with Crippen LogP contribution in [0, 0.1) is 0 Å². The molecule has 0 spiro atoms. The standard InChI is InChI=1S/C21H27NO/c1-16(2)17-8-10-19(11-9-17)22(18-6-4-3-5-7-18)20-12-14-21(23)15-13-20/h8-16,18,23H,3-7H2,1-2H3. The van der Waals surface area contributed by atoms with E-state index in [-0.39, 0.29) is 0 Å². The maximum atomic E-state index is 9.60. The topological polar surface area (TPSA) is 23.5 Å². The van der Waals surface area contributed by atoms with Gasteiger partial charge in [0.05, 0.1) is 0 Å². The van der Waals surface area contributed by atoms with Gasteiger partial charge in [0.15, 0.2) is 0 Å². The maximum Gasteiger partial charge on any atom is 0.115 e. The van der Waals surface area contributed by atoms with E-state index in [2.05, 4.69) is 43.0 Å². The zero-order valence-electron chi connectivity index (χ0n) is 14.2. The monoisotopic (exact) mass is 309 g/mol. The second kappa shape index (κ2) is 7.08. The Balaban J connectivity index is 1.95. The SMILES string of the molecule is CC(C)c1ccc(N(c2ccc(O)cc2)C2CCCCC2)cc1. The quantitative estimate of drug-likeness (QED) is 0.750. The number of hydrogen-bond acceptors (Lipinski definition) is 2. The molecule has 122 valence electrons. The molecular weight excluding hydrogens is 282 g/mol. The molecule has 0 saturated heterocycles. The first-order chi connectivity index (χ1) is 11.1. The van der Waals surface area contributed by atoms with Gasteiger partial charge in [-0.1, -0.05) is 45.2 Å². The van der Waals surface area contributed by atoms with Gasteiger partial charge >= 0.3 is 0 Å². The summed E-state index contributed by atoms with van der Waals surface area (Å²) >= 11 is 0. The molecule has 0 unspecified atom stereocenters. The van der Waals surface area contributed by atoms with E-state index < -0.39 is 0 Å². The first-order valence-electron chi connectivity index (χ1n) is 8.83. The van der Waals surface area contributed by atoms with Gasteiger partial charge in [0.25, 0.3) is 0 Å². The minimum atomic E-state index is 0.326. The smallest absolute Gasteiger partial charge is 0.115 e. The van der Waals surface area contributed by atoms with Crippen LogP contribution in [0.5, 0.6) is 5.75 Å². The zero-order chi connectivity index (χ0) is 16.2. The minimum absolute atomic E-state index is 0.326. The Morgan fingerprint density at radius 3 is 1.87 bits per heavy atom. The van der Waals surface area contributed by atoms with E-state index >= 15 is 0 Å². The molecule has 1 aliphatic rings. The van der Waals surface area contributed by atoms with Crippen LogP contribution in [-0.2, 0) is 0 Å². The van der Waals surface area contributed by atoms with Crippen LogP contribution in [0.2, 0.25) is 0 Å². The fourth-order valence-electron chi connectivity index (χ4n) is 3.54. The van der Waals surface area contributed by atoms with Crippen molar-refractivity contribution in [3.63, 3.8) is 0 Å². The van der Waals surface area contributed by atoms with Crippen LogP contribution in [0.3, 0.4) is 0 Å². The summed E-state index contributed by atoms with van der Waals surface area (Å²) < 4.78 is 0. The highest BCUT2D eigenvalue weighted by Crippen LogP contribution is 2.35. The highest BCUT2D eigenvalue weighted by atomic mass is 16.3. The van der Waals surface area contributed by atoms with Crippen LogP contribution in [-0.4, -0.2) is 11.1 Å². The Bertz CT molecular complexity index is 609. The van der Waals surface area contributed by atoms with Gasteiger partial charge in [-0.3, -0.25) is 0 Å². The van der Waals surface area contributed by atoms with Crippen LogP contribution in [0.25, 0.3) is 0 Å². The van der Waals surface area contributed by atoms with Gasteiger partial charge in [-0.15, -0.1) is 0 Å². The highest BCUT2D eigenvalue weighted by Gasteiger charge is 2.23. The van der Waals surface area contributed by atoms with Gasteiger partial charge in [-0.05, 0) is 60.7 Å². The number of phenols is 1. The number of phenolic OH excluding ortho intramolecular Hbond substituents is 1. The van der Waals surface area contributed by atoms with Gasteiger partial charge < -0.3 is 10.0 Å². The second-order valence-electron chi connectivity index (χ2n) is 6.92. The number of anilines is 2. The van der Waals surface area contributed by atoms with E-state index in [1.807, 2.05) is 12.1 Å². The van der Waals surface area contributed by atoms with E-state index in [9.17, 15) is 5.11 Å². The molecule has 2 nitrogen and oxygen atoms in total. The Morgan fingerprint density at radius 2 is 1.35 bits per heavy atom. The Kier molecular flexibility index (Phi) is 4.90. The fourth-order valence-corrected chi connectivity index (χ4v) is 3.54. The molecule has 0 bridgehead atoms. The van der Waals surface area contributed by atoms with Gasteiger partial charge in [-0.25, -0.2) is 0 Å². The lowest BCUT2D eigenvalue weighted by Crippen LogP contribution is -2.32. The fraction of sp³-hybridized carbons (Fsp3) is 0.429. The van der Waals surface area contributed by atoms with Gasteiger partial charge in [0.1, 0.15) is 5.75 Å². The Labute approximate surface area is 139 Å². The zero-order valence-corrected chi connectivity index (χ0v) is 14.2. The van der Waals surface area contributed by atoms with Crippen LogP contribution in [0.4, 0.5) is 11.4 Å². The lowest BCUT2D eigenvalue weighted by atomic mass is 9.93. The average Bonchev–Trinajstić information content (AvgIpc) is 2.58. The van der Waals surface area contributed by atoms with Crippen molar-refractivity contribution in [3.8, 4) is 5.75 Å². The molecule has 2 aromatic carbocycles. The molecular formula is C21H27NO. The van der Waals surface area contributed by atoms with Crippen molar-refractivity contribution in [2.75, 3.05) is 4.90 Å². The van der Waals surface area contributed by atoms with Crippen molar-refractivity contribution >= 4 is 11.4 Å². The molecule has 1 saturated carbocycles. The number of benzene rings is 2. The third kappa shape index (κ3) is 3.69. The number of nitrogens with zero attached hydrogens (tertiary/aromatic N) is 1. The summed E-state index contributed by atoms with van der Waals surface area (Å²) in [5, 5.41) is 9.60. The molecule has 0 aromatic heterocycles. The van der Waals surface area contributed by atoms with E-state index in [1.54, 1.807) is 12.1 Å². The second-order valence-corrected chi connectivity index (χ2v) is 6.92. The third-order valence-electron chi connectivity index (χ3n) is 4.91. The van der Waals surface area contributed by atoms with Gasteiger partial charge in [0, 0.05) is 17.4 Å². The predicted octanol–water partition coefficient (Wildman–Crippen LogP) is 5.99. The lowest BCUT2D eigenvalue weighted by molar-refractivity contribution is 0.435. The Morgan fingerprint density at radius 1 is 0.826 bits per heavy atom. The molecule has 0 heterocycles. The molecule has 1 aliphatic carbocycles.